The third kappa shape index (κ3) is 7.45. The van der Waals surface area contributed by atoms with E-state index in [0.717, 1.165) is 37.5 Å². The predicted molar refractivity (Wildman–Crippen MR) is 134 cm³/mol. The molecule has 0 unspecified atom stereocenters. The smallest absolute Gasteiger partial charge is 0.355 e. The number of urea groups is 2. The van der Waals surface area contributed by atoms with Crippen LogP contribution in [0.2, 0.25) is 0 Å². The largest absolute Gasteiger partial charge is 0.478 e. The van der Waals surface area contributed by atoms with Crippen LogP contribution in [-0.4, -0.2) is 61.3 Å². The van der Waals surface area contributed by atoms with E-state index in [-0.39, 0.29) is 35.4 Å². The molecule has 0 bridgehead atoms. The molecule has 210 valence electrons. The highest BCUT2D eigenvalue weighted by atomic mass is 19.1. The standard InChI is InChI=1S/C25H29F2N5O7/c1-37-12-13-38-15-39-21-11-10-17(14-18(21)23(33)34)31(16-6-3-2-4-7-16)25(36)32(30-28)24(35)29-22-19(26)8-5-9-20(22)27/h5,8-11,14,16,28H,2-4,6-7,12-13,15H2,1H3,(H,29,35)(H,33,34). The molecule has 0 aliphatic heterocycles. The van der Waals surface area contributed by atoms with Gasteiger partial charge in [0.2, 0.25) is 0 Å². The summed E-state index contributed by atoms with van der Waals surface area (Å²) in [5.74, 6) is -3.53. The number of imide groups is 1. The maximum atomic E-state index is 14.1. The molecule has 1 saturated carbocycles. The van der Waals surface area contributed by atoms with E-state index in [1.54, 1.807) is 0 Å². The second-order valence-electron chi connectivity index (χ2n) is 8.53. The summed E-state index contributed by atoms with van der Waals surface area (Å²) in [6, 6.07) is 3.98. The Kier molecular flexibility index (Phi) is 10.6. The van der Waals surface area contributed by atoms with Crippen LogP contribution in [0.5, 0.6) is 5.75 Å². The first-order chi connectivity index (χ1) is 18.8. The van der Waals surface area contributed by atoms with Gasteiger partial charge < -0.3 is 24.6 Å². The summed E-state index contributed by atoms with van der Waals surface area (Å²) in [6.45, 7) is 0.306. The second-order valence-corrected chi connectivity index (χ2v) is 8.53. The molecule has 0 saturated heterocycles. The van der Waals surface area contributed by atoms with Gasteiger partial charge in [-0.05, 0) is 43.2 Å². The SMILES string of the molecule is COCCOCOc1ccc(N(C(=O)N(N=N)C(=O)Nc2c(F)cccc2F)C2CCCCC2)cc1C(=O)O. The van der Waals surface area contributed by atoms with E-state index in [1.165, 1.54) is 30.2 Å². The average Bonchev–Trinajstić information content (AvgIpc) is 2.92. The van der Waals surface area contributed by atoms with Gasteiger partial charge in [0, 0.05) is 18.8 Å². The number of amides is 4. The number of benzene rings is 2. The van der Waals surface area contributed by atoms with Crippen LogP contribution in [0.15, 0.2) is 41.6 Å². The van der Waals surface area contributed by atoms with E-state index in [2.05, 4.69) is 5.22 Å². The summed E-state index contributed by atoms with van der Waals surface area (Å²) in [7, 11) is 1.50. The third-order valence-electron chi connectivity index (χ3n) is 6.02. The minimum Gasteiger partial charge on any atom is -0.478 e. The van der Waals surface area contributed by atoms with Crippen molar-refractivity contribution < 1.29 is 42.5 Å². The molecule has 14 heteroatoms. The number of halogens is 2. The van der Waals surface area contributed by atoms with Gasteiger partial charge in [-0.2, -0.15) is 5.53 Å². The Morgan fingerprint density at radius 3 is 2.41 bits per heavy atom. The van der Waals surface area contributed by atoms with Gasteiger partial charge in [-0.15, -0.1) is 5.01 Å². The summed E-state index contributed by atoms with van der Waals surface area (Å²) in [5, 5.41) is 14.8. The van der Waals surface area contributed by atoms with Gasteiger partial charge in [0.05, 0.1) is 13.2 Å². The van der Waals surface area contributed by atoms with Crippen LogP contribution >= 0.6 is 0 Å². The zero-order valence-electron chi connectivity index (χ0n) is 21.2. The summed E-state index contributed by atoms with van der Waals surface area (Å²) >= 11 is 0. The van der Waals surface area contributed by atoms with Crippen molar-refractivity contribution in [2.45, 2.75) is 38.1 Å². The minimum absolute atomic E-state index is 0.0190. The van der Waals surface area contributed by atoms with Crippen LogP contribution in [0.3, 0.4) is 0 Å². The van der Waals surface area contributed by atoms with E-state index >= 15 is 0 Å². The normalized spacial score (nSPS) is 13.4. The zero-order valence-corrected chi connectivity index (χ0v) is 21.2. The Labute approximate surface area is 222 Å². The summed E-state index contributed by atoms with van der Waals surface area (Å²) in [5.41, 5.74) is 6.47. The first-order valence-corrected chi connectivity index (χ1v) is 12.1. The minimum atomic E-state index is -1.37. The highest BCUT2D eigenvalue weighted by Gasteiger charge is 2.35. The number of anilines is 2. The number of para-hydroxylation sites is 1. The number of methoxy groups -OCH3 is 1. The molecule has 4 amide bonds. The molecule has 0 atom stereocenters. The number of carboxylic acids is 1. The molecule has 3 rings (SSSR count). The Bertz CT molecular complexity index is 1170. The number of rotatable bonds is 11. The second kappa shape index (κ2) is 14.1. The molecule has 1 aliphatic rings. The number of carbonyl (C=O) groups is 3. The highest BCUT2D eigenvalue weighted by Crippen LogP contribution is 2.32. The number of nitrogens with zero attached hydrogens (tertiary/aromatic N) is 3. The van der Waals surface area contributed by atoms with Crippen LogP contribution in [0, 0.1) is 17.2 Å². The van der Waals surface area contributed by atoms with Crippen molar-refractivity contribution in [3.8, 4) is 5.75 Å². The lowest BCUT2D eigenvalue weighted by molar-refractivity contribution is -0.00896. The number of aromatic carboxylic acids is 1. The average molecular weight is 550 g/mol. The molecule has 0 radical (unpaired) electrons. The number of hydrogen-bond donors (Lipinski definition) is 3. The summed E-state index contributed by atoms with van der Waals surface area (Å²) in [6.07, 6.45) is 3.54. The summed E-state index contributed by atoms with van der Waals surface area (Å²) in [4.78, 5) is 39.6. The van der Waals surface area contributed by atoms with Crippen molar-refractivity contribution in [1.82, 2.24) is 5.01 Å². The van der Waals surface area contributed by atoms with E-state index in [9.17, 15) is 28.3 Å². The van der Waals surface area contributed by atoms with Crippen LogP contribution < -0.4 is 15.0 Å². The Balaban J connectivity index is 1.91. The number of hydrogen-bond acceptors (Lipinski definition) is 8. The van der Waals surface area contributed by atoms with Gasteiger partial charge in [0.25, 0.3) is 0 Å². The van der Waals surface area contributed by atoms with Crippen LogP contribution in [0.25, 0.3) is 0 Å². The van der Waals surface area contributed by atoms with Gasteiger partial charge in [-0.1, -0.05) is 30.6 Å². The van der Waals surface area contributed by atoms with Gasteiger partial charge in [-0.3, -0.25) is 4.90 Å². The number of carboxylic acid groups (broad SMARTS) is 1. The third-order valence-corrected chi connectivity index (χ3v) is 6.02. The number of ether oxygens (including phenoxy) is 3. The Morgan fingerprint density at radius 2 is 1.79 bits per heavy atom. The fourth-order valence-electron chi connectivity index (χ4n) is 4.14. The van der Waals surface area contributed by atoms with Gasteiger partial charge in [-0.25, -0.2) is 23.2 Å². The van der Waals surface area contributed by atoms with Gasteiger partial charge in [0.15, 0.2) is 6.79 Å². The number of carbonyl (C=O) groups excluding carboxylic acids is 2. The van der Waals surface area contributed by atoms with Gasteiger partial charge >= 0.3 is 18.0 Å². The van der Waals surface area contributed by atoms with E-state index < -0.39 is 41.4 Å². The quantitative estimate of drug-likeness (QED) is 0.147. The van der Waals surface area contributed by atoms with Crippen molar-refractivity contribution in [2.75, 3.05) is 37.3 Å². The van der Waals surface area contributed by atoms with Gasteiger partial charge in [0.1, 0.15) is 28.6 Å². The molecule has 0 aromatic heterocycles. The molecule has 39 heavy (non-hydrogen) atoms. The molecule has 1 aliphatic carbocycles. The van der Waals surface area contributed by atoms with Crippen LogP contribution in [0.1, 0.15) is 42.5 Å². The van der Waals surface area contributed by atoms with E-state index in [0.29, 0.717) is 19.4 Å². The Morgan fingerprint density at radius 1 is 1.10 bits per heavy atom. The molecular formula is C25H29F2N5O7. The molecule has 0 heterocycles. The van der Waals surface area contributed by atoms with E-state index in [1.807, 2.05) is 5.32 Å². The molecule has 2 aromatic carbocycles. The highest BCUT2D eigenvalue weighted by molar-refractivity contribution is 6.06. The molecule has 0 spiro atoms. The molecular weight excluding hydrogens is 520 g/mol. The fraction of sp³-hybridized carbons (Fsp3) is 0.400. The molecule has 3 N–H and O–H groups in total. The maximum Gasteiger partial charge on any atom is 0.355 e. The fourth-order valence-corrected chi connectivity index (χ4v) is 4.14. The maximum absolute atomic E-state index is 14.1. The Hall–Kier alpha value is -4.17. The topological polar surface area (TPSA) is 154 Å². The first-order valence-electron chi connectivity index (χ1n) is 12.1. The first kappa shape index (κ1) is 29.4. The van der Waals surface area contributed by atoms with Crippen molar-refractivity contribution in [2.24, 2.45) is 5.22 Å². The van der Waals surface area contributed by atoms with E-state index in [4.69, 9.17) is 19.7 Å². The lowest BCUT2D eigenvalue weighted by Crippen LogP contribution is -2.50. The molecule has 1 fully saturated rings. The number of nitrogens with one attached hydrogen (secondary N) is 2. The molecule has 12 nitrogen and oxygen atoms in total. The van der Waals surface area contributed by atoms with Crippen molar-refractivity contribution in [3.05, 3.63) is 53.6 Å². The monoisotopic (exact) mass is 549 g/mol. The van der Waals surface area contributed by atoms with Crippen LogP contribution in [0.4, 0.5) is 29.7 Å². The van der Waals surface area contributed by atoms with Crippen molar-refractivity contribution in [3.63, 3.8) is 0 Å². The van der Waals surface area contributed by atoms with Crippen LogP contribution in [-0.2, 0) is 9.47 Å². The zero-order chi connectivity index (χ0) is 28.4. The predicted octanol–water partition coefficient (Wildman–Crippen LogP) is 5.40. The molecule has 2 aromatic rings. The lowest BCUT2D eigenvalue weighted by Gasteiger charge is -2.35. The van der Waals surface area contributed by atoms with Crippen molar-refractivity contribution >= 4 is 29.4 Å². The summed E-state index contributed by atoms with van der Waals surface area (Å²) < 4.78 is 43.7. The lowest BCUT2D eigenvalue weighted by atomic mass is 9.93. The van der Waals surface area contributed by atoms with Crippen molar-refractivity contribution in [1.29, 1.82) is 5.53 Å².